The van der Waals surface area contributed by atoms with Crippen molar-refractivity contribution >= 4 is 23.3 Å². The molecule has 1 rings (SSSR count). The number of alkyl halides is 3. The Labute approximate surface area is 129 Å². The monoisotopic (exact) mass is 338 g/mol. The molecule has 124 valence electrons. The van der Waals surface area contributed by atoms with Gasteiger partial charge in [-0.3, -0.25) is 4.79 Å². The number of carbonyl (C=O) groups excluding carboxylic acids is 2. The summed E-state index contributed by atoms with van der Waals surface area (Å²) in [6, 6.07) is -1.25. The highest BCUT2D eigenvalue weighted by atomic mass is 32.1. The first-order chi connectivity index (χ1) is 10.1. The van der Waals surface area contributed by atoms with E-state index >= 15 is 0 Å². The average Bonchev–Trinajstić information content (AvgIpc) is 2.86. The molecular weight excluding hydrogens is 321 g/mol. The van der Waals surface area contributed by atoms with Crippen LogP contribution in [0.4, 0.5) is 18.0 Å². The Morgan fingerprint density at radius 2 is 2.05 bits per heavy atom. The number of nitrogens with zero attached hydrogens (tertiary/aromatic N) is 2. The zero-order valence-corrected chi connectivity index (χ0v) is 13.1. The summed E-state index contributed by atoms with van der Waals surface area (Å²) >= 11 is 0.887. The van der Waals surface area contributed by atoms with Crippen LogP contribution in [-0.2, 0) is 17.4 Å². The Hall–Kier alpha value is -1.84. The number of hydrogen-bond donors (Lipinski definition) is 2. The molecular formula is C12H17F3N4O2S. The lowest BCUT2D eigenvalue weighted by molar-refractivity contribution is -0.140. The number of hydrogen-bond acceptors (Lipinski definition) is 4. The van der Waals surface area contributed by atoms with Gasteiger partial charge >= 0.3 is 12.2 Å². The Morgan fingerprint density at radius 3 is 2.55 bits per heavy atom. The van der Waals surface area contributed by atoms with Crippen LogP contribution < -0.4 is 10.6 Å². The van der Waals surface area contributed by atoms with Gasteiger partial charge in [-0.05, 0) is 6.92 Å². The molecule has 0 saturated carbocycles. The van der Waals surface area contributed by atoms with Crippen LogP contribution in [-0.4, -0.2) is 48.5 Å². The molecule has 0 fully saturated rings. The lowest BCUT2D eigenvalue weighted by Crippen LogP contribution is -2.48. The van der Waals surface area contributed by atoms with Gasteiger partial charge in [-0.1, -0.05) is 0 Å². The number of aromatic nitrogens is 1. The number of rotatable bonds is 5. The van der Waals surface area contributed by atoms with Crippen molar-refractivity contribution in [3.8, 4) is 0 Å². The molecule has 1 heterocycles. The maximum atomic E-state index is 12.4. The van der Waals surface area contributed by atoms with Crippen LogP contribution in [0.25, 0.3) is 0 Å². The van der Waals surface area contributed by atoms with Crippen molar-refractivity contribution < 1.29 is 22.8 Å². The molecule has 0 saturated heterocycles. The lowest BCUT2D eigenvalue weighted by Gasteiger charge is -2.18. The molecule has 0 aliphatic heterocycles. The van der Waals surface area contributed by atoms with Crippen LogP contribution in [0, 0.1) is 0 Å². The molecule has 1 atom stereocenters. The fraction of sp³-hybridized carbons (Fsp3) is 0.583. The highest BCUT2D eigenvalue weighted by Gasteiger charge is 2.33. The third-order valence-corrected chi connectivity index (χ3v) is 3.53. The first kappa shape index (κ1) is 18.2. The second kappa shape index (κ2) is 7.43. The number of nitrogens with one attached hydrogen (secondary N) is 2. The molecule has 1 aromatic heterocycles. The van der Waals surface area contributed by atoms with Crippen LogP contribution in [0.1, 0.15) is 17.6 Å². The van der Waals surface area contributed by atoms with Crippen molar-refractivity contribution in [1.82, 2.24) is 20.5 Å². The number of carbonyl (C=O) groups is 2. The van der Waals surface area contributed by atoms with Crippen molar-refractivity contribution in [3.63, 3.8) is 0 Å². The van der Waals surface area contributed by atoms with Gasteiger partial charge in [0, 0.05) is 32.4 Å². The highest BCUT2D eigenvalue weighted by molar-refractivity contribution is 7.09. The van der Waals surface area contributed by atoms with Gasteiger partial charge in [-0.25, -0.2) is 9.78 Å². The second-order valence-electron chi connectivity index (χ2n) is 4.73. The van der Waals surface area contributed by atoms with Crippen molar-refractivity contribution in [2.24, 2.45) is 0 Å². The van der Waals surface area contributed by atoms with E-state index < -0.39 is 23.9 Å². The van der Waals surface area contributed by atoms with E-state index in [-0.39, 0.29) is 23.9 Å². The predicted molar refractivity (Wildman–Crippen MR) is 75.5 cm³/mol. The van der Waals surface area contributed by atoms with Crippen molar-refractivity contribution in [1.29, 1.82) is 0 Å². The third kappa shape index (κ3) is 5.51. The summed E-state index contributed by atoms with van der Waals surface area (Å²) in [6.45, 7) is 1.66. The van der Waals surface area contributed by atoms with E-state index in [4.69, 9.17) is 0 Å². The average molecular weight is 338 g/mol. The fourth-order valence-corrected chi connectivity index (χ4v) is 2.34. The standard InChI is InChI=1S/C12H17F3N4O2S/c1-7(10(20)19(2)3)17-11(21)16-5-4-9-18-8(6-22-9)12(13,14)15/h6-7H,4-5H2,1-3H3,(H2,16,17,21)/t7-/m0/s1. The van der Waals surface area contributed by atoms with Gasteiger partial charge in [0.25, 0.3) is 0 Å². The maximum absolute atomic E-state index is 12.4. The minimum atomic E-state index is -4.46. The van der Waals surface area contributed by atoms with Crippen LogP contribution in [0.5, 0.6) is 0 Å². The molecule has 0 aromatic carbocycles. The zero-order valence-electron chi connectivity index (χ0n) is 12.3. The molecule has 22 heavy (non-hydrogen) atoms. The predicted octanol–water partition coefficient (Wildman–Crippen LogP) is 1.48. The number of likely N-dealkylation sites (N-methyl/N-ethyl adjacent to an activating group) is 1. The summed E-state index contributed by atoms with van der Waals surface area (Å²) in [4.78, 5) is 27.9. The highest BCUT2D eigenvalue weighted by Crippen LogP contribution is 2.29. The molecule has 10 heteroatoms. The zero-order chi connectivity index (χ0) is 16.9. The summed E-state index contributed by atoms with van der Waals surface area (Å²) < 4.78 is 37.1. The van der Waals surface area contributed by atoms with Crippen LogP contribution in [0.15, 0.2) is 5.38 Å². The summed E-state index contributed by atoms with van der Waals surface area (Å²) in [5.41, 5.74) is -0.929. The van der Waals surface area contributed by atoms with Gasteiger partial charge in [0.1, 0.15) is 6.04 Å². The first-order valence-corrected chi connectivity index (χ1v) is 7.26. The number of urea groups is 1. The minimum absolute atomic E-state index is 0.125. The molecule has 0 spiro atoms. The topological polar surface area (TPSA) is 74.3 Å². The number of amides is 3. The quantitative estimate of drug-likeness (QED) is 0.854. The number of halogens is 3. The van der Waals surface area contributed by atoms with E-state index in [2.05, 4.69) is 15.6 Å². The molecule has 0 unspecified atom stereocenters. The van der Waals surface area contributed by atoms with Crippen molar-refractivity contribution in [2.45, 2.75) is 25.6 Å². The van der Waals surface area contributed by atoms with Gasteiger partial charge in [0.2, 0.25) is 5.91 Å². The van der Waals surface area contributed by atoms with E-state index in [0.717, 1.165) is 16.7 Å². The molecule has 1 aromatic rings. The molecule has 0 aliphatic rings. The van der Waals surface area contributed by atoms with Crippen molar-refractivity contribution in [3.05, 3.63) is 16.1 Å². The van der Waals surface area contributed by atoms with Crippen molar-refractivity contribution in [2.75, 3.05) is 20.6 Å². The van der Waals surface area contributed by atoms with E-state index in [1.54, 1.807) is 21.0 Å². The smallest absolute Gasteiger partial charge is 0.347 e. The maximum Gasteiger partial charge on any atom is 0.434 e. The molecule has 0 radical (unpaired) electrons. The van der Waals surface area contributed by atoms with Gasteiger partial charge in [0.15, 0.2) is 5.69 Å². The second-order valence-corrected chi connectivity index (χ2v) is 5.67. The molecule has 6 nitrogen and oxygen atoms in total. The van der Waals surface area contributed by atoms with E-state index in [1.807, 2.05) is 0 Å². The summed E-state index contributed by atoms with van der Waals surface area (Å²) in [7, 11) is 3.14. The molecule has 0 bridgehead atoms. The SMILES string of the molecule is C[C@H](NC(=O)NCCc1nc(C(F)(F)F)cs1)C(=O)N(C)C. The largest absolute Gasteiger partial charge is 0.434 e. The molecule has 3 amide bonds. The molecule has 0 aliphatic carbocycles. The summed E-state index contributed by atoms with van der Waals surface area (Å²) in [5, 5.41) is 6.13. The molecule has 2 N–H and O–H groups in total. The normalized spacial score (nSPS) is 12.6. The Balaban J connectivity index is 2.36. The fourth-order valence-electron chi connectivity index (χ4n) is 1.54. The van der Waals surface area contributed by atoms with Gasteiger partial charge < -0.3 is 15.5 Å². The van der Waals surface area contributed by atoms with E-state index in [0.29, 0.717) is 0 Å². The summed E-state index contributed by atoms with van der Waals surface area (Å²) in [5.74, 6) is -0.259. The van der Waals surface area contributed by atoms with Crippen LogP contribution in [0.2, 0.25) is 0 Å². The van der Waals surface area contributed by atoms with Gasteiger partial charge in [-0.2, -0.15) is 13.2 Å². The summed E-state index contributed by atoms with van der Waals surface area (Å²) in [6.07, 6.45) is -4.27. The van der Waals surface area contributed by atoms with Crippen LogP contribution >= 0.6 is 11.3 Å². The van der Waals surface area contributed by atoms with Crippen LogP contribution in [0.3, 0.4) is 0 Å². The van der Waals surface area contributed by atoms with E-state index in [1.165, 1.54) is 4.90 Å². The Kier molecular flexibility index (Phi) is 6.15. The number of thiazole rings is 1. The Bertz CT molecular complexity index is 531. The lowest BCUT2D eigenvalue weighted by atomic mass is 10.3. The minimum Gasteiger partial charge on any atom is -0.347 e. The Morgan fingerprint density at radius 1 is 1.41 bits per heavy atom. The first-order valence-electron chi connectivity index (χ1n) is 6.38. The van der Waals surface area contributed by atoms with Gasteiger partial charge in [-0.15, -0.1) is 11.3 Å². The third-order valence-electron chi connectivity index (χ3n) is 2.63. The van der Waals surface area contributed by atoms with E-state index in [9.17, 15) is 22.8 Å². The van der Waals surface area contributed by atoms with Gasteiger partial charge in [0.05, 0.1) is 5.01 Å².